The molecular weight excluding hydrogens is 335 g/mol. The van der Waals surface area contributed by atoms with Crippen molar-refractivity contribution in [3.8, 4) is 0 Å². The summed E-state index contributed by atoms with van der Waals surface area (Å²) >= 11 is 1.30. The molecule has 1 aliphatic rings. The lowest BCUT2D eigenvalue weighted by molar-refractivity contribution is -0.0552. The molecule has 1 aliphatic carbocycles. The van der Waals surface area contributed by atoms with E-state index >= 15 is 0 Å². The van der Waals surface area contributed by atoms with Gasteiger partial charge in [0.2, 0.25) is 0 Å². The minimum Gasteiger partial charge on any atom is -0.443 e. The molecule has 0 aromatic rings. The molecule has 8 heteroatoms. The van der Waals surface area contributed by atoms with Gasteiger partial charge in [0.25, 0.3) is 5.65 Å². The van der Waals surface area contributed by atoms with Crippen LogP contribution in [0.5, 0.6) is 0 Å². The van der Waals surface area contributed by atoms with Gasteiger partial charge in [-0.1, -0.05) is 19.3 Å². The van der Waals surface area contributed by atoms with Crippen LogP contribution in [0.3, 0.4) is 0 Å². The fourth-order valence-electron chi connectivity index (χ4n) is 2.28. The first kappa shape index (κ1) is 20.5. The highest BCUT2D eigenvalue weighted by Crippen LogP contribution is 2.60. The predicted molar refractivity (Wildman–Crippen MR) is 95.5 cm³/mol. The summed E-state index contributed by atoms with van der Waals surface area (Å²) in [6.07, 6.45) is 5.15. The Morgan fingerprint density at radius 1 is 1.13 bits per heavy atom. The van der Waals surface area contributed by atoms with Gasteiger partial charge < -0.3 is 4.74 Å². The molecule has 0 radical (unpaired) electrons. The Morgan fingerprint density at radius 2 is 1.70 bits per heavy atom. The van der Waals surface area contributed by atoms with Gasteiger partial charge in [-0.15, -0.1) is 0 Å². The van der Waals surface area contributed by atoms with Gasteiger partial charge in [-0.05, 0) is 50.8 Å². The molecule has 0 heterocycles. The zero-order chi connectivity index (χ0) is 17.6. The van der Waals surface area contributed by atoms with Crippen LogP contribution in [0.25, 0.3) is 0 Å². The molecule has 0 aromatic heterocycles. The Labute approximate surface area is 144 Å². The Balaban J connectivity index is 2.79. The maximum absolute atomic E-state index is 12.6. The van der Waals surface area contributed by atoms with Gasteiger partial charge in [-0.3, -0.25) is 13.9 Å². The van der Waals surface area contributed by atoms with E-state index in [-0.39, 0.29) is 5.65 Å². The summed E-state index contributed by atoms with van der Waals surface area (Å²) in [4.78, 5) is 29.9. The predicted octanol–water partition coefficient (Wildman–Crippen LogP) is 4.84. The fraction of sp³-hybridized carbons (Fsp3) is 0.867. The highest BCUT2D eigenvalue weighted by molar-refractivity contribution is 8.59. The second kappa shape index (κ2) is 9.09. The number of nitrogens with zero attached hydrogens (tertiary/aromatic N) is 2. The summed E-state index contributed by atoms with van der Waals surface area (Å²) in [6.45, 7) is 5.49. The molecule has 1 fully saturated rings. The van der Waals surface area contributed by atoms with Gasteiger partial charge in [0.15, 0.2) is 0 Å². The maximum Gasteiger partial charge on any atom is 0.420 e. The summed E-state index contributed by atoms with van der Waals surface area (Å²) in [5.74, 6) is 0. The average Bonchev–Trinajstić information content (AvgIpc) is 2.50. The molecule has 0 aliphatic heterocycles. The number of hydrogen-bond donors (Lipinski definition) is 0. The van der Waals surface area contributed by atoms with E-state index < -0.39 is 18.8 Å². The van der Waals surface area contributed by atoms with Crippen molar-refractivity contribution < 1.29 is 19.2 Å². The molecule has 0 N–H and O–H groups in total. The third-order valence-electron chi connectivity index (χ3n) is 3.50. The van der Waals surface area contributed by atoms with E-state index in [1.54, 1.807) is 14.1 Å². The lowest BCUT2D eigenvalue weighted by Crippen LogP contribution is -2.32. The van der Waals surface area contributed by atoms with Gasteiger partial charge >= 0.3 is 6.09 Å². The number of carbonyl (C=O) groups is 2. The monoisotopic (exact) mass is 364 g/mol. The van der Waals surface area contributed by atoms with Gasteiger partial charge in [0.1, 0.15) is 5.60 Å². The van der Waals surface area contributed by atoms with Crippen LogP contribution in [0, 0.1) is 0 Å². The number of rotatable bonds is 5. The molecule has 6 nitrogen and oxygen atoms in total. The molecule has 0 saturated heterocycles. The van der Waals surface area contributed by atoms with E-state index in [1.165, 1.54) is 34.5 Å². The fourth-order valence-corrected chi connectivity index (χ4v) is 6.94. The molecule has 0 spiro atoms. The van der Waals surface area contributed by atoms with Crippen LogP contribution in [-0.2, 0) is 9.57 Å². The molecular formula is C15H29N2O4PS. The van der Waals surface area contributed by atoms with Gasteiger partial charge in [0.05, 0.1) is 14.2 Å². The summed E-state index contributed by atoms with van der Waals surface area (Å²) in [5.41, 5.74) is -0.277. The van der Waals surface area contributed by atoms with Gasteiger partial charge in [-0.25, -0.2) is 9.86 Å². The molecule has 23 heavy (non-hydrogen) atoms. The summed E-state index contributed by atoms with van der Waals surface area (Å²) in [7, 11) is 3.67. The summed E-state index contributed by atoms with van der Waals surface area (Å²) in [5, 5.41) is 1.27. The van der Waals surface area contributed by atoms with E-state index in [0.29, 0.717) is 5.66 Å². The van der Waals surface area contributed by atoms with Crippen molar-refractivity contribution in [1.29, 1.82) is 0 Å². The van der Waals surface area contributed by atoms with E-state index in [2.05, 4.69) is 0 Å². The third kappa shape index (κ3) is 6.86. The van der Waals surface area contributed by atoms with E-state index in [1.807, 2.05) is 20.8 Å². The van der Waals surface area contributed by atoms with E-state index in [4.69, 9.17) is 9.57 Å². The second-order valence-electron chi connectivity index (χ2n) is 6.64. The SMILES string of the molecule is CON(C)C(=O)P(SN(C)C(=O)OC(C)(C)C)C1CCCCC1. The quantitative estimate of drug-likeness (QED) is 0.397. The van der Waals surface area contributed by atoms with E-state index in [0.717, 1.165) is 25.7 Å². The molecule has 1 rings (SSSR count). The summed E-state index contributed by atoms with van der Waals surface area (Å²) in [6, 6.07) is 0. The Morgan fingerprint density at radius 3 is 2.17 bits per heavy atom. The van der Waals surface area contributed by atoms with Crippen molar-refractivity contribution in [1.82, 2.24) is 9.37 Å². The molecule has 134 valence electrons. The Bertz CT molecular complexity index is 411. The summed E-state index contributed by atoms with van der Waals surface area (Å²) < 4.78 is 6.83. The van der Waals surface area contributed by atoms with Crippen LogP contribution < -0.4 is 0 Å². The normalized spacial score (nSPS) is 17.5. The zero-order valence-electron chi connectivity index (χ0n) is 15.0. The van der Waals surface area contributed by atoms with Crippen LogP contribution in [-0.4, -0.2) is 53.6 Å². The van der Waals surface area contributed by atoms with Crippen LogP contribution >= 0.6 is 18.7 Å². The van der Waals surface area contributed by atoms with Crippen LogP contribution in [0.1, 0.15) is 52.9 Å². The van der Waals surface area contributed by atoms with Crippen molar-refractivity contribution in [3.63, 3.8) is 0 Å². The second-order valence-corrected chi connectivity index (χ2v) is 10.8. The number of ether oxygens (including phenoxy) is 1. The lowest BCUT2D eigenvalue weighted by Gasteiger charge is -2.33. The molecule has 1 unspecified atom stereocenters. The van der Waals surface area contributed by atoms with Crippen molar-refractivity contribution >= 4 is 30.4 Å². The van der Waals surface area contributed by atoms with Crippen molar-refractivity contribution in [3.05, 3.63) is 0 Å². The standard InChI is InChI=1S/C15H29N2O4PS/c1-15(2,3)21-13(18)17(5)23-22(14(19)16(4)20-6)12-10-8-7-9-11-12/h12H,7-11H2,1-6H3. The number of hydrogen-bond acceptors (Lipinski definition) is 5. The van der Waals surface area contributed by atoms with Crippen molar-refractivity contribution in [2.75, 3.05) is 21.2 Å². The zero-order valence-corrected chi connectivity index (χ0v) is 16.7. The topological polar surface area (TPSA) is 59.1 Å². The first-order valence-electron chi connectivity index (χ1n) is 7.91. The molecule has 0 bridgehead atoms. The van der Waals surface area contributed by atoms with Gasteiger partial charge in [0, 0.05) is 14.1 Å². The van der Waals surface area contributed by atoms with Crippen LogP contribution in [0.15, 0.2) is 0 Å². The minimum atomic E-state index is -1.09. The lowest BCUT2D eigenvalue weighted by atomic mass is 10.0. The molecule has 1 atom stereocenters. The van der Waals surface area contributed by atoms with Crippen LogP contribution in [0.2, 0.25) is 0 Å². The maximum atomic E-state index is 12.6. The van der Waals surface area contributed by atoms with Crippen LogP contribution in [0.4, 0.5) is 9.59 Å². The first-order valence-corrected chi connectivity index (χ1v) is 10.7. The highest BCUT2D eigenvalue weighted by atomic mass is 32.7. The number of hydroxylamine groups is 2. The Kier molecular flexibility index (Phi) is 8.11. The average molecular weight is 364 g/mol. The first-order chi connectivity index (χ1) is 10.7. The largest absolute Gasteiger partial charge is 0.443 e. The number of amides is 2. The molecule has 2 amide bonds. The third-order valence-corrected chi connectivity index (χ3v) is 8.53. The van der Waals surface area contributed by atoms with E-state index in [9.17, 15) is 9.59 Å². The van der Waals surface area contributed by atoms with Crippen molar-refractivity contribution in [2.45, 2.75) is 64.1 Å². The Hall–Kier alpha value is -0.520. The number of carbonyl (C=O) groups excluding carboxylic acids is 2. The highest BCUT2D eigenvalue weighted by Gasteiger charge is 2.35. The van der Waals surface area contributed by atoms with Crippen molar-refractivity contribution in [2.24, 2.45) is 0 Å². The molecule has 0 aromatic carbocycles. The minimum absolute atomic E-state index is 0.0465. The smallest absolute Gasteiger partial charge is 0.420 e. The van der Waals surface area contributed by atoms with Gasteiger partial charge in [-0.2, -0.15) is 0 Å². The molecule has 1 saturated carbocycles.